The SMILES string of the molecule is CS(=O)(=O)N1CCOc2ccc(C(=O)O)cc21. The van der Waals surface area contributed by atoms with Crippen LogP contribution in [0.4, 0.5) is 5.69 Å². The predicted octanol–water partition coefficient (Wildman–Crippen LogP) is 0.543. The molecule has 0 radical (unpaired) electrons. The number of nitrogens with zero attached hydrogens (tertiary/aromatic N) is 1. The first-order chi connectivity index (χ1) is 7.89. The van der Waals surface area contributed by atoms with E-state index in [0.29, 0.717) is 5.75 Å². The summed E-state index contributed by atoms with van der Waals surface area (Å²) in [5, 5.41) is 8.87. The number of hydrogen-bond donors (Lipinski definition) is 1. The number of aromatic carboxylic acids is 1. The van der Waals surface area contributed by atoms with Crippen molar-refractivity contribution in [3.63, 3.8) is 0 Å². The summed E-state index contributed by atoms with van der Waals surface area (Å²) in [5.74, 6) is -0.724. The van der Waals surface area contributed by atoms with Crippen LogP contribution in [0.1, 0.15) is 10.4 Å². The van der Waals surface area contributed by atoms with Crippen LogP contribution in [0.5, 0.6) is 5.75 Å². The molecule has 0 saturated carbocycles. The number of fused-ring (bicyclic) bond motifs is 1. The van der Waals surface area contributed by atoms with Crippen molar-refractivity contribution >= 4 is 21.7 Å². The minimum absolute atomic E-state index is 0.0305. The van der Waals surface area contributed by atoms with Crippen molar-refractivity contribution in [2.24, 2.45) is 0 Å². The summed E-state index contributed by atoms with van der Waals surface area (Å²) in [6, 6.07) is 4.15. The van der Waals surface area contributed by atoms with E-state index in [2.05, 4.69) is 0 Å². The first-order valence-corrected chi connectivity index (χ1v) is 6.72. The summed E-state index contributed by atoms with van der Waals surface area (Å²) in [4.78, 5) is 10.8. The fraction of sp³-hybridized carbons (Fsp3) is 0.300. The molecule has 7 heteroatoms. The summed E-state index contributed by atoms with van der Waals surface area (Å²) in [5.41, 5.74) is 0.307. The predicted molar refractivity (Wildman–Crippen MR) is 61.1 cm³/mol. The van der Waals surface area contributed by atoms with Crippen LogP contribution >= 0.6 is 0 Å². The van der Waals surface area contributed by atoms with Gasteiger partial charge in [-0.3, -0.25) is 4.31 Å². The minimum atomic E-state index is -3.42. The highest BCUT2D eigenvalue weighted by Crippen LogP contribution is 2.33. The van der Waals surface area contributed by atoms with Gasteiger partial charge in [-0.1, -0.05) is 0 Å². The molecular formula is C10H11NO5S. The molecule has 92 valence electrons. The first-order valence-electron chi connectivity index (χ1n) is 4.87. The monoisotopic (exact) mass is 257 g/mol. The molecule has 1 aromatic rings. The van der Waals surface area contributed by atoms with Gasteiger partial charge >= 0.3 is 5.97 Å². The van der Waals surface area contributed by atoms with E-state index in [4.69, 9.17) is 9.84 Å². The molecule has 0 unspecified atom stereocenters. The maximum absolute atomic E-state index is 11.6. The molecule has 0 fully saturated rings. The lowest BCUT2D eigenvalue weighted by atomic mass is 10.1. The number of hydrogen-bond acceptors (Lipinski definition) is 4. The number of sulfonamides is 1. The zero-order valence-corrected chi connectivity index (χ0v) is 9.90. The summed E-state index contributed by atoms with van der Waals surface area (Å²) in [6.07, 6.45) is 1.08. The summed E-state index contributed by atoms with van der Waals surface area (Å²) in [7, 11) is -3.42. The van der Waals surface area contributed by atoms with Crippen molar-refractivity contribution < 1.29 is 23.1 Å². The molecule has 1 heterocycles. The normalized spacial score (nSPS) is 15.0. The van der Waals surface area contributed by atoms with E-state index in [1.165, 1.54) is 18.2 Å². The Labute approximate surface area is 98.5 Å². The molecule has 0 amide bonds. The molecule has 1 N–H and O–H groups in total. The van der Waals surface area contributed by atoms with Crippen molar-refractivity contribution in [3.8, 4) is 5.75 Å². The van der Waals surface area contributed by atoms with Gasteiger partial charge in [0, 0.05) is 0 Å². The van der Waals surface area contributed by atoms with Crippen molar-refractivity contribution in [1.29, 1.82) is 0 Å². The Morgan fingerprint density at radius 3 is 2.76 bits per heavy atom. The van der Waals surface area contributed by atoms with Gasteiger partial charge in [-0.15, -0.1) is 0 Å². The molecule has 0 aromatic heterocycles. The molecule has 1 aliphatic heterocycles. The smallest absolute Gasteiger partial charge is 0.335 e. The highest BCUT2D eigenvalue weighted by Gasteiger charge is 2.26. The van der Waals surface area contributed by atoms with Crippen LogP contribution < -0.4 is 9.04 Å². The Bertz CT molecular complexity index is 566. The second-order valence-corrected chi connectivity index (χ2v) is 5.58. The van der Waals surface area contributed by atoms with Crippen LogP contribution in [0.2, 0.25) is 0 Å². The standard InChI is InChI=1S/C10H11NO5S/c1-17(14,15)11-4-5-16-9-3-2-7(10(12)13)6-8(9)11/h2-3,6H,4-5H2,1H3,(H,12,13). The van der Waals surface area contributed by atoms with Crippen molar-refractivity contribution in [2.75, 3.05) is 23.7 Å². The lowest BCUT2D eigenvalue weighted by Crippen LogP contribution is -2.37. The quantitative estimate of drug-likeness (QED) is 0.836. The molecule has 0 aliphatic carbocycles. The van der Waals surface area contributed by atoms with E-state index >= 15 is 0 Å². The van der Waals surface area contributed by atoms with Gasteiger partial charge in [0.1, 0.15) is 12.4 Å². The third-order valence-corrected chi connectivity index (χ3v) is 3.61. The maximum atomic E-state index is 11.6. The van der Waals surface area contributed by atoms with E-state index in [1.807, 2.05) is 0 Å². The molecular weight excluding hydrogens is 246 g/mol. The third kappa shape index (κ3) is 2.19. The number of carboxylic acid groups (broad SMARTS) is 1. The van der Waals surface area contributed by atoms with Crippen LogP contribution in [0, 0.1) is 0 Å². The molecule has 17 heavy (non-hydrogen) atoms. The fourth-order valence-electron chi connectivity index (χ4n) is 1.67. The second-order valence-electron chi connectivity index (χ2n) is 3.67. The second kappa shape index (κ2) is 3.92. The topological polar surface area (TPSA) is 83.9 Å². The lowest BCUT2D eigenvalue weighted by molar-refractivity contribution is 0.0697. The fourth-order valence-corrected chi connectivity index (χ4v) is 2.58. The number of carbonyl (C=O) groups is 1. The molecule has 1 aromatic carbocycles. The van der Waals surface area contributed by atoms with Gasteiger partial charge in [0.05, 0.1) is 24.1 Å². The molecule has 0 saturated heterocycles. The van der Waals surface area contributed by atoms with Crippen LogP contribution in [0.15, 0.2) is 18.2 Å². The number of ether oxygens (including phenoxy) is 1. The largest absolute Gasteiger partial charge is 0.489 e. The Morgan fingerprint density at radius 1 is 1.47 bits per heavy atom. The molecule has 6 nitrogen and oxygen atoms in total. The van der Waals surface area contributed by atoms with Crippen LogP contribution in [0.3, 0.4) is 0 Å². The summed E-state index contributed by atoms with van der Waals surface area (Å²) in [6.45, 7) is 0.446. The van der Waals surface area contributed by atoms with Gasteiger partial charge in [0.2, 0.25) is 10.0 Å². The highest BCUT2D eigenvalue weighted by molar-refractivity contribution is 7.92. The van der Waals surface area contributed by atoms with Crippen LogP contribution in [-0.4, -0.2) is 38.9 Å². The van der Waals surface area contributed by atoms with Gasteiger partial charge in [0.25, 0.3) is 0 Å². The third-order valence-electron chi connectivity index (χ3n) is 2.43. The lowest BCUT2D eigenvalue weighted by Gasteiger charge is -2.29. The van der Waals surface area contributed by atoms with E-state index < -0.39 is 16.0 Å². The summed E-state index contributed by atoms with van der Waals surface area (Å²) >= 11 is 0. The zero-order valence-electron chi connectivity index (χ0n) is 9.08. The van der Waals surface area contributed by atoms with Gasteiger partial charge in [0.15, 0.2) is 0 Å². The van der Waals surface area contributed by atoms with Gasteiger partial charge in [-0.25, -0.2) is 13.2 Å². The van der Waals surface area contributed by atoms with E-state index in [-0.39, 0.29) is 24.4 Å². The highest BCUT2D eigenvalue weighted by atomic mass is 32.2. The average molecular weight is 257 g/mol. The Hall–Kier alpha value is -1.76. The van der Waals surface area contributed by atoms with Crippen LogP contribution in [0.25, 0.3) is 0 Å². The molecule has 1 aliphatic rings. The number of anilines is 1. The summed E-state index contributed by atoms with van der Waals surface area (Å²) < 4.78 is 29.5. The molecule has 0 spiro atoms. The molecule has 0 atom stereocenters. The van der Waals surface area contributed by atoms with Gasteiger partial charge < -0.3 is 9.84 Å². The van der Waals surface area contributed by atoms with Gasteiger partial charge in [-0.05, 0) is 18.2 Å². The van der Waals surface area contributed by atoms with Gasteiger partial charge in [-0.2, -0.15) is 0 Å². The van der Waals surface area contributed by atoms with Crippen molar-refractivity contribution in [2.45, 2.75) is 0 Å². The minimum Gasteiger partial charge on any atom is -0.489 e. The van der Waals surface area contributed by atoms with E-state index in [9.17, 15) is 13.2 Å². The Kier molecular flexibility index (Phi) is 2.70. The maximum Gasteiger partial charge on any atom is 0.335 e. The van der Waals surface area contributed by atoms with Crippen LogP contribution in [-0.2, 0) is 10.0 Å². The van der Waals surface area contributed by atoms with E-state index in [1.54, 1.807) is 0 Å². The Balaban J connectivity index is 2.56. The van der Waals surface area contributed by atoms with Crippen molar-refractivity contribution in [1.82, 2.24) is 0 Å². The average Bonchev–Trinajstić information content (AvgIpc) is 2.26. The zero-order chi connectivity index (χ0) is 12.6. The number of rotatable bonds is 2. The molecule has 2 rings (SSSR count). The number of carboxylic acids is 1. The van der Waals surface area contributed by atoms with Crippen molar-refractivity contribution in [3.05, 3.63) is 23.8 Å². The van der Waals surface area contributed by atoms with E-state index in [0.717, 1.165) is 10.6 Å². The number of benzene rings is 1. The molecule has 0 bridgehead atoms. The first kappa shape index (κ1) is 11.7. The Morgan fingerprint density at radius 2 is 2.18 bits per heavy atom.